The van der Waals surface area contributed by atoms with Gasteiger partial charge in [-0.1, -0.05) is 13.3 Å². The van der Waals surface area contributed by atoms with Crippen molar-refractivity contribution in [1.82, 2.24) is 14.8 Å². The zero-order valence-corrected chi connectivity index (χ0v) is 12.9. The normalized spacial score (nSPS) is 11.0. The van der Waals surface area contributed by atoms with Crippen molar-refractivity contribution < 1.29 is 9.90 Å². The lowest BCUT2D eigenvalue weighted by Crippen LogP contribution is -2.08. The molecule has 2 aromatic heterocycles. The van der Waals surface area contributed by atoms with Crippen molar-refractivity contribution in [2.24, 2.45) is 0 Å². The molecule has 3 rings (SSSR count). The summed E-state index contributed by atoms with van der Waals surface area (Å²) in [5.74, 6) is -0.534. The number of benzene rings is 1. The quantitative estimate of drug-likeness (QED) is 0.755. The third kappa shape index (κ3) is 3.01. The number of aromatic carboxylic acids is 1. The van der Waals surface area contributed by atoms with Crippen LogP contribution in [0.2, 0.25) is 0 Å². The van der Waals surface area contributed by atoms with E-state index in [1.54, 1.807) is 18.2 Å². The minimum absolute atomic E-state index is 0.166. The number of rotatable bonds is 5. The summed E-state index contributed by atoms with van der Waals surface area (Å²) in [6.07, 6.45) is 2.80. The Balaban J connectivity index is 2.07. The number of pyridine rings is 1. The molecule has 0 unspecified atom stereocenters. The smallest absolute Gasteiger partial charge is 0.354 e. The fraction of sp³-hybridized carbons (Fsp3) is 0.235. The van der Waals surface area contributed by atoms with Crippen molar-refractivity contribution in [3.8, 4) is 5.69 Å². The number of nitrogens with zero attached hydrogens (tertiary/aromatic N) is 3. The molecule has 3 aromatic rings. The summed E-state index contributed by atoms with van der Waals surface area (Å²) in [6.45, 7) is 2.09. The number of hydrogen-bond acceptors (Lipinski definition) is 4. The highest BCUT2D eigenvalue weighted by atomic mass is 16.4. The molecule has 118 valence electrons. The number of carboxylic acids is 1. The highest BCUT2D eigenvalue weighted by Crippen LogP contribution is 2.20. The number of fused-ring (bicyclic) bond motifs is 1. The molecule has 0 fully saturated rings. The predicted octanol–water partition coefficient (Wildman–Crippen LogP) is 3.04. The van der Waals surface area contributed by atoms with Gasteiger partial charge in [0.2, 0.25) is 0 Å². The Kier molecular flexibility index (Phi) is 3.97. The number of nitrogens with two attached hydrogens (primary N) is 1. The summed E-state index contributed by atoms with van der Waals surface area (Å²) in [5, 5.41) is 14.8. The van der Waals surface area contributed by atoms with Gasteiger partial charge in [0.1, 0.15) is 5.82 Å². The molecule has 0 atom stereocenters. The molecule has 3 N–H and O–H groups in total. The molecule has 0 aliphatic carbocycles. The molecule has 0 aliphatic rings. The summed E-state index contributed by atoms with van der Waals surface area (Å²) in [4.78, 5) is 15.7. The zero-order chi connectivity index (χ0) is 16.4. The van der Waals surface area contributed by atoms with Gasteiger partial charge in [-0.05, 0) is 49.2 Å². The second kappa shape index (κ2) is 6.08. The first kappa shape index (κ1) is 15.0. The van der Waals surface area contributed by atoms with Crippen LogP contribution in [0.15, 0.2) is 36.4 Å². The van der Waals surface area contributed by atoms with Crippen LogP contribution in [0.3, 0.4) is 0 Å². The van der Waals surface area contributed by atoms with Gasteiger partial charge in [0, 0.05) is 5.39 Å². The van der Waals surface area contributed by atoms with Crippen LogP contribution in [0.4, 0.5) is 5.82 Å². The Morgan fingerprint density at radius 3 is 2.83 bits per heavy atom. The van der Waals surface area contributed by atoms with Crippen LogP contribution < -0.4 is 5.73 Å². The zero-order valence-electron chi connectivity index (χ0n) is 12.9. The standard InChI is InChI=1S/C17H18N4O2/c1-2-3-4-12-10-15(17(22)23)21(20-12)13-6-7-14-11(9-13)5-8-16(18)19-14/h5-10H,2-4H2,1H3,(H2,18,19)(H,22,23). The second-order valence-electron chi connectivity index (χ2n) is 5.45. The number of nitrogen functional groups attached to an aromatic ring is 1. The van der Waals surface area contributed by atoms with Crippen LogP contribution in [0.25, 0.3) is 16.6 Å². The van der Waals surface area contributed by atoms with Crippen LogP contribution in [0, 0.1) is 0 Å². The van der Waals surface area contributed by atoms with Gasteiger partial charge in [-0.25, -0.2) is 14.5 Å². The van der Waals surface area contributed by atoms with Crippen LogP contribution >= 0.6 is 0 Å². The van der Waals surface area contributed by atoms with E-state index in [0.29, 0.717) is 11.5 Å². The van der Waals surface area contributed by atoms with E-state index in [0.717, 1.165) is 35.9 Å². The lowest BCUT2D eigenvalue weighted by molar-refractivity contribution is 0.0687. The SMILES string of the molecule is CCCCc1cc(C(=O)O)n(-c2ccc3nc(N)ccc3c2)n1. The summed E-state index contributed by atoms with van der Waals surface area (Å²) < 4.78 is 1.48. The van der Waals surface area contributed by atoms with E-state index in [9.17, 15) is 9.90 Å². The maximum Gasteiger partial charge on any atom is 0.354 e. The van der Waals surface area contributed by atoms with Crippen LogP contribution in [0.5, 0.6) is 0 Å². The number of carboxylic acid groups (broad SMARTS) is 1. The van der Waals surface area contributed by atoms with E-state index >= 15 is 0 Å². The van der Waals surface area contributed by atoms with Crippen molar-refractivity contribution >= 4 is 22.7 Å². The van der Waals surface area contributed by atoms with Crippen LogP contribution in [-0.2, 0) is 6.42 Å². The first-order valence-electron chi connectivity index (χ1n) is 7.57. The Morgan fingerprint density at radius 1 is 1.26 bits per heavy atom. The van der Waals surface area contributed by atoms with Crippen molar-refractivity contribution in [2.45, 2.75) is 26.2 Å². The van der Waals surface area contributed by atoms with E-state index in [1.807, 2.05) is 18.2 Å². The maximum atomic E-state index is 11.5. The molecule has 0 spiro atoms. The number of anilines is 1. The van der Waals surface area contributed by atoms with Gasteiger partial charge in [-0.15, -0.1) is 0 Å². The Bertz CT molecular complexity index is 870. The fourth-order valence-corrected chi connectivity index (χ4v) is 2.52. The summed E-state index contributed by atoms with van der Waals surface area (Å²) in [6, 6.07) is 10.7. The molecule has 6 heteroatoms. The Hall–Kier alpha value is -2.89. The fourth-order valence-electron chi connectivity index (χ4n) is 2.52. The third-order valence-electron chi connectivity index (χ3n) is 3.70. The molecule has 0 aliphatic heterocycles. The van der Waals surface area contributed by atoms with Crippen molar-refractivity contribution in [1.29, 1.82) is 0 Å². The van der Waals surface area contributed by atoms with Gasteiger partial charge in [0.05, 0.1) is 16.9 Å². The molecule has 0 bridgehead atoms. The molecular weight excluding hydrogens is 292 g/mol. The van der Waals surface area contributed by atoms with E-state index < -0.39 is 5.97 Å². The monoisotopic (exact) mass is 310 g/mol. The summed E-state index contributed by atoms with van der Waals surface area (Å²) >= 11 is 0. The molecule has 2 heterocycles. The predicted molar refractivity (Wildman–Crippen MR) is 88.8 cm³/mol. The van der Waals surface area contributed by atoms with Gasteiger partial charge in [0.25, 0.3) is 0 Å². The van der Waals surface area contributed by atoms with Crippen molar-refractivity contribution in [3.63, 3.8) is 0 Å². The number of unbranched alkanes of at least 4 members (excludes halogenated alkanes) is 1. The molecule has 0 radical (unpaired) electrons. The maximum absolute atomic E-state index is 11.5. The second-order valence-corrected chi connectivity index (χ2v) is 5.45. The highest BCUT2D eigenvalue weighted by molar-refractivity contribution is 5.87. The molecule has 23 heavy (non-hydrogen) atoms. The summed E-state index contributed by atoms with van der Waals surface area (Å²) in [7, 11) is 0. The van der Waals surface area contributed by atoms with Gasteiger partial charge in [-0.2, -0.15) is 5.10 Å². The van der Waals surface area contributed by atoms with Gasteiger partial charge in [0.15, 0.2) is 5.69 Å². The molecule has 6 nitrogen and oxygen atoms in total. The van der Waals surface area contributed by atoms with Crippen molar-refractivity contribution in [2.75, 3.05) is 5.73 Å². The van der Waals surface area contributed by atoms with Crippen molar-refractivity contribution in [3.05, 3.63) is 47.8 Å². The molecular formula is C17H18N4O2. The molecule has 0 amide bonds. The van der Waals surface area contributed by atoms with Gasteiger partial charge < -0.3 is 10.8 Å². The number of hydrogen-bond donors (Lipinski definition) is 2. The van der Waals surface area contributed by atoms with Crippen LogP contribution in [0.1, 0.15) is 35.9 Å². The highest BCUT2D eigenvalue weighted by Gasteiger charge is 2.15. The first-order valence-corrected chi connectivity index (χ1v) is 7.57. The summed E-state index contributed by atoms with van der Waals surface area (Å²) in [5.41, 5.74) is 8.10. The number of aromatic nitrogens is 3. The Labute approximate surface area is 133 Å². The average molecular weight is 310 g/mol. The third-order valence-corrected chi connectivity index (χ3v) is 3.70. The molecule has 0 saturated heterocycles. The van der Waals surface area contributed by atoms with Gasteiger partial charge >= 0.3 is 5.97 Å². The number of aryl methyl sites for hydroxylation is 1. The van der Waals surface area contributed by atoms with E-state index in [1.165, 1.54) is 4.68 Å². The topological polar surface area (TPSA) is 94.0 Å². The first-order chi connectivity index (χ1) is 11.1. The minimum atomic E-state index is -0.990. The number of carbonyl (C=O) groups is 1. The lowest BCUT2D eigenvalue weighted by atomic mass is 10.2. The molecule has 1 aromatic carbocycles. The minimum Gasteiger partial charge on any atom is -0.477 e. The molecule has 0 saturated carbocycles. The van der Waals surface area contributed by atoms with E-state index in [4.69, 9.17) is 5.73 Å². The average Bonchev–Trinajstić information content (AvgIpc) is 2.97. The van der Waals surface area contributed by atoms with Gasteiger partial charge in [-0.3, -0.25) is 0 Å². The largest absolute Gasteiger partial charge is 0.477 e. The van der Waals surface area contributed by atoms with E-state index in [2.05, 4.69) is 17.0 Å². The Morgan fingerprint density at radius 2 is 2.09 bits per heavy atom. The van der Waals surface area contributed by atoms with Crippen LogP contribution in [-0.4, -0.2) is 25.8 Å². The lowest BCUT2D eigenvalue weighted by Gasteiger charge is -2.06. The van der Waals surface area contributed by atoms with E-state index in [-0.39, 0.29) is 5.69 Å².